The molecule has 0 radical (unpaired) electrons. The lowest BCUT2D eigenvalue weighted by Crippen LogP contribution is -2.74. The minimum absolute atomic E-state index is 0.0492. The minimum Gasteiger partial charge on any atom is -0.354 e. The van der Waals surface area contributed by atoms with E-state index in [0.717, 1.165) is 57.8 Å². The molecule has 8 saturated carbocycles. The van der Waals surface area contributed by atoms with Gasteiger partial charge in [0.1, 0.15) is 6.10 Å². The standard InChI is InChI=1S/C25H33F5O3/c26-23(27)21(19-15-3-11-1-12(5-15)6-16(19)4-11)32-22(33-24(23,31)25(28,29)30)20-17-7-13-2-14(9-17)10-18(20)8-13/h11-22,31H,1-10H2. The van der Waals surface area contributed by atoms with E-state index in [4.69, 9.17) is 9.47 Å². The second kappa shape index (κ2) is 6.84. The van der Waals surface area contributed by atoms with Gasteiger partial charge in [-0.05, 0) is 117 Å². The second-order valence-corrected chi connectivity index (χ2v) is 12.8. The van der Waals surface area contributed by atoms with Crippen molar-refractivity contribution in [2.75, 3.05) is 0 Å². The number of hydrogen-bond acceptors (Lipinski definition) is 3. The first-order valence-corrected chi connectivity index (χ1v) is 13.0. The third-order valence-corrected chi connectivity index (χ3v) is 11.0. The summed E-state index contributed by atoms with van der Waals surface area (Å²) in [5.74, 6) is -7.72. The maximum atomic E-state index is 15.7. The summed E-state index contributed by atoms with van der Waals surface area (Å²) in [6.07, 6.45) is 0.120. The number of aliphatic hydroxyl groups is 1. The van der Waals surface area contributed by atoms with Crippen molar-refractivity contribution >= 4 is 0 Å². The fourth-order valence-electron chi connectivity index (χ4n) is 10.3. The highest BCUT2D eigenvalue weighted by molar-refractivity contribution is 5.10. The summed E-state index contributed by atoms with van der Waals surface area (Å²) in [5, 5.41) is 10.6. The lowest BCUT2D eigenvalue weighted by molar-refractivity contribution is -0.518. The number of alkyl halides is 5. The van der Waals surface area contributed by atoms with E-state index in [-0.39, 0.29) is 29.6 Å². The van der Waals surface area contributed by atoms with Gasteiger partial charge in [0.15, 0.2) is 6.29 Å². The Labute approximate surface area is 190 Å². The highest BCUT2D eigenvalue weighted by Gasteiger charge is 2.79. The molecule has 1 saturated heterocycles. The van der Waals surface area contributed by atoms with Gasteiger partial charge in [0.05, 0.1) is 0 Å². The van der Waals surface area contributed by atoms with Gasteiger partial charge in [-0.2, -0.15) is 22.0 Å². The van der Waals surface area contributed by atoms with Crippen molar-refractivity contribution < 1.29 is 36.5 Å². The van der Waals surface area contributed by atoms with Crippen molar-refractivity contribution in [3.8, 4) is 0 Å². The summed E-state index contributed by atoms with van der Waals surface area (Å²) in [6, 6.07) is 0. The molecule has 3 nitrogen and oxygen atoms in total. The van der Waals surface area contributed by atoms with Crippen LogP contribution in [0.25, 0.3) is 0 Å². The van der Waals surface area contributed by atoms with Gasteiger partial charge in [0, 0.05) is 5.92 Å². The summed E-state index contributed by atoms with van der Waals surface area (Å²) in [5.41, 5.74) is 0. The van der Waals surface area contributed by atoms with Gasteiger partial charge in [0.2, 0.25) is 0 Å². The van der Waals surface area contributed by atoms with Gasteiger partial charge in [0.25, 0.3) is 0 Å². The van der Waals surface area contributed by atoms with E-state index < -0.39 is 36.2 Å². The zero-order valence-electron chi connectivity index (χ0n) is 18.7. The summed E-state index contributed by atoms with van der Waals surface area (Å²) in [7, 11) is 0. The molecule has 9 rings (SSSR count). The van der Waals surface area contributed by atoms with Gasteiger partial charge in [-0.3, -0.25) is 0 Å². The SMILES string of the molecule is OC1(C(F)(F)F)OC(C2C3CC4CC(C3)CC2C4)OC(C2C3CC4CC(C3)CC2C4)C1(F)F. The average molecular weight is 477 g/mol. The third-order valence-electron chi connectivity index (χ3n) is 11.0. The highest BCUT2D eigenvalue weighted by atomic mass is 19.4. The Morgan fingerprint density at radius 1 is 0.636 bits per heavy atom. The van der Waals surface area contributed by atoms with E-state index >= 15 is 8.78 Å². The maximum absolute atomic E-state index is 15.7. The van der Waals surface area contributed by atoms with E-state index in [9.17, 15) is 18.3 Å². The van der Waals surface area contributed by atoms with Crippen LogP contribution in [0.4, 0.5) is 22.0 Å². The van der Waals surface area contributed by atoms with Crippen LogP contribution < -0.4 is 0 Å². The van der Waals surface area contributed by atoms with E-state index in [1.807, 2.05) is 0 Å². The molecule has 1 heterocycles. The molecule has 0 aromatic rings. The Morgan fingerprint density at radius 3 is 1.42 bits per heavy atom. The fraction of sp³-hybridized carbons (Fsp3) is 1.00. The third kappa shape index (κ3) is 2.95. The van der Waals surface area contributed by atoms with Crippen LogP contribution in [0.5, 0.6) is 0 Å². The lowest BCUT2D eigenvalue weighted by atomic mass is 9.50. The molecule has 1 N–H and O–H groups in total. The number of ether oxygens (including phenoxy) is 2. The number of rotatable bonds is 2. The van der Waals surface area contributed by atoms with Crippen LogP contribution in [0, 0.1) is 59.2 Å². The maximum Gasteiger partial charge on any atom is 0.449 e. The Morgan fingerprint density at radius 2 is 1.03 bits per heavy atom. The van der Waals surface area contributed by atoms with Gasteiger partial charge >= 0.3 is 17.9 Å². The van der Waals surface area contributed by atoms with Crippen molar-refractivity contribution in [3.05, 3.63) is 0 Å². The predicted molar refractivity (Wildman–Crippen MR) is 107 cm³/mol. The van der Waals surface area contributed by atoms with Crippen molar-refractivity contribution in [3.63, 3.8) is 0 Å². The summed E-state index contributed by atoms with van der Waals surface area (Å²) < 4.78 is 84.7. The van der Waals surface area contributed by atoms with E-state index in [2.05, 4.69) is 0 Å². The van der Waals surface area contributed by atoms with Crippen LogP contribution in [0.3, 0.4) is 0 Å². The molecule has 0 amide bonds. The first-order chi connectivity index (χ1) is 15.5. The normalized spacial score (nSPS) is 58.7. The zero-order chi connectivity index (χ0) is 22.9. The number of halogens is 5. The molecule has 1 aliphatic heterocycles. The Kier molecular flexibility index (Phi) is 4.52. The molecule has 0 aromatic carbocycles. The Bertz CT molecular complexity index is 758. The van der Waals surface area contributed by atoms with Crippen molar-refractivity contribution in [2.45, 2.75) is 94.5 Å². The Hall–Kier alpha value is -0.470. The molecule has 8 aliphatic carbocycles. The van der Waals surface area contributed by atoms with Crippen LogP contribution in [-0.2, 0) is 9.47 Å². The molecule has 9 aliphatic rings. The molecule has 3 unspecified atom stereocenters. The summed E-state index contributed by atoms with van der Waals surface area (Å²) in [4.78, 5) is 0. The van der Waals surface area contributed by atoms with E-state index in [1.165, 1.54) is 6.42 Å². The van der Waals surface area contributed by atoms with Crippen molar-refractivity contribution in [1.29, 1.82) is 0 Å². The topological polar surface area (TPSA) is 38.7 Å². The molecule has 3 atom stereocenters. The van der Waals surface area contributed by atoms with Crippen LogP contribution in [-0.4, -0.2) is 35.4 Å². The quantitative estimate of drug-likeness (QED) is 0.515. The first kappa shape index (κ1) is 21.8. The average Bonchev–Trinajstić information content (AvgIpc) is 2.69. The van der Waals surface area contributed by atoms with Gasteiger partial charge < -0.3 is 14.6 Å². The van der Waals surface area contributed by atoms with Crippen LogP contribution in [0.2, 0.25) is 0 Å². The largest absolute Gasteiger partial charge is 0.449 e. The summed E-state index contributed by atoms with van der Waals surface area (Å²) >= 11 is 0. The van der Waals surface area contributed by atoms with E-state index in [0.29, 0.717) is 23.7 Å². The van der Waals surface area contributed by atoms with Crippen molar-refractivity contribution in [1.82, 2.24) is 0 Å². The second-order valence-electron chi connectivity index (χ2n) is 12.8. The molecule has 8 bridgehead atoms. The molecule has 33 heavy (non-hydrogen) atoms. The molecule has 186 valence electrons. The van der Waals surface area contributed by atoms with Crippen molar-refractivity contribution in [2.24, 2.45) is 59.2 Å². The lowest BCUT2D eigenvalue weighted by Gasteiger charge is -2.61. The van der Waals surface area contributed by atoms with Crippen LogP contribution >= 0.6 is 0 Å². The van der Waals surface area contributed by atoms with Gasteiger partial charge in [-0.1, -0.05) is 0 Å². The monoisotopic (exact) mass is 476 g/mol. The molecule has 0 spiro atoms. The van der Waals surface area contributed by atoms with E-state index in [1.54, 1.807) is 0 Å². The van der Waals surface area contributed by atoms with Crippen LogP contribution in [0.1, 0.15) is 64.2 Å². The van der Waals surface area contributed by atoms with Gasteiger partial charge in [-0.15, -0.1) is 0 Å². The first-order valence-electron chi connectivity index (χ1n) is 13.0. The Balaban J connectivity index is 1.26. The predicted octanol–water partition coefficient (Wildman–Crippen LogP) is 5.76. The highest BCUT2D eigenvalue weighted by Crippen LogP contribution is 2.64. The number of hydrogen-bond donors (Lipinski definition) is 1. The molecule has 0 aromatic heterocycles. The molecular weight excluding hydrogens is 443 g/mol. The van der Waals surface area contributed by atoms with Gasteiger partial charge in [-0.25, -0.2) is 0 Å². The zero-order valence-corrected chi connectivity index (χ0v) is 18.7. The molecule has 8 heteroatoms. The minimum atomic E-state index is -5.60. The van der Waals surface area contributed by atoms with Crippen LogP contribution in [0.15, 0.2) is 0 Å². The molecule has 9 fully saturated rings. The molecular formula is C25H33F5O3. The smallest absolute Gasteiger partial charge is 0.354 e. The fourth-order valence-corrected chi connectivity index (χ4v) is 10.3. The summed E-state index contributed by atoms with van der Waals surface area (Å²) in [6.45, 7) is 0.